The lowest BCUT2D eigenvalue weighted by molar-refractivity contribution is -0.136. The third-order valence-electron chi connectivity index (χ3n) is 5.30. The molecule has 0 aromatic heterocycles. The zero-order chi connectivity index (χ0) is 23.7. The van der Waals surface area contributed by atoms with Gasteiger partial charge in [-0.25, -0.2) is 8.78 Å². The van der Waals surface area contributed by atoms with Gasteiger partial charge in [0.05, 0.1) is 35.8 Å². The Balaban J connectivity index is 1.85. The molecule has 0 saturated heterocycles. The Morgan fingerprint density at radius 2 is 1.85 bits per heavy atom. The summed E-state index contributed by atoms with van der Waals surface area (Å²) in [7, 11) is 0. The number of benzene rings is 3. The van der Waals surface area contributed by atoms with Crippen molar-refractivity contribution in [3.63, 3.8) is 0 Å². The number of carboxylic acids is 1. The summed E-state index contributed by atoms with van der Waals surface area (Å²) in [6.07, 6.45) is -2.89. The predicted octanol–water partition coefficient (Wildman–Crippen LogP) is 5.32. The van der Waals surface area contributed by atoms with Gasteiger partial charge in [0.25, 0.3) is 12.3 Å². The van der Waals surface area contributed by atoms with Crippen LogP contribution in [-0.4, -0.2) is 36.6 Å². The molecule has 1 heterocycles. The molecule has 0 spiro atoms. The Kier molecular flexibility index (Phi) is 6.37. The van der Waals surface area contributed by atoms with Crippen LogP contribution in [0.15, 0.2) is 42.5 Å². The molecule has 0 aliphatic carbocycles. The minimum atomic E-state index is -2.68. The average molecular weight is 476 g/mol. The van der Waals surface area contributed by atoms with Crippen LogP contribution in [0.3, 0.4) is 0 Å². The number of aliphatic carboxylic acids is 1. The first-order valence-electron chi connectivity index (χ1n) is 10.2. The maximum absolute atomic E-state index is 13.5. The van der Waals surface area contributed by atoms with Gasteiger partial charge in [0.1, 0.15) is 18.1 Å². The Morgan fingerprint density at radius 1 is 1.15 bits per heavy atom. The van der Waals surface area contributed by atoms with Crippen molar-refractivity contribution in [2.45, 2.75) is 26.3 Å². The van der Waals surface area contributed by atoms with E-state index in [0.29, 0.717) is 39.9 Å². The number of ether oxygens (including phenoxy) is 2. The molecule has 1 amide bonds. The Bertz CT molecular complexity index is 1250. The topological polar surface area (TPSA) is 76.1 Å². The number of carbonyl (C=O) groups excluding carboxylic acids is 1. The summed E-state index contributed by atoms with van der Waals surface area (Å²) in [5, 5.41) is 10.4. The van der Waals surface area contributed by atoms with E-state index in [0.717, 1.165) is 0 Å². The van der Waals surface area contributed by atoms with Crippen molar-refractivity contribution >= 4 is 39.9 Å². The number of nitrogens with zero attached hydrogens (tertiary/aromatic N) is 1. The van der Waals surface area contributed by atoms with Crippen molar-refractivity contribution in [1.82, 2.24) is 0 Å². The van der Waals surface area contributed by atoms with Gasteiger partial charge >= 0.3 is 5.97 Å². The van der Waals surface area contributed by atoms with E-state index in [1.54, 1.807) is 43.3 Å². The van der Waals surface area contributed by atoms with Crippen LogP contribution in [0.4, 0.5) is 14.5 Å². The van der Waals surface area contributed by atoms with Gasteiger partial charge in [0.15, 0.2) is 0 Å². The van der Waals surface area contributed by atoms with E-state index in [1.165, 1.54) is 11.0 Å². The molecule has 6 nitrogen and oxygen atoms in total. The van der Waals surface area contributed by atoms with Crippen LogP contribution in [-0.2, 0) is 17.8 Å². The number of alkyl halides is 2. The molecule has 3 aromatic rings. The van der Waals surface area contributed by atoms with Crippen LogP contribution in [0.25, 0.3) is 10.8 Å². The van der Waals surface area contributed by atoms with Crippen molar-refractivity contribution in [1.29, 1.82) is 0 Å². The van der Waals surface area contributed by atoms with E-state index in [1.807, 2.05) is 0 Å². The fourth-order valence-corrected chi connectivity index (χ4v) is 4.33. The van der Waals surface area contributed by atoms with Crippen LogP contribution < -0.4 is 14.4 Å². The molecule has 0 unspecified atom stereocenters. The van der Waals surface area contributed by atoms with Gasteiger partial charge in [0.2, 0.25) is 0 Å². The van der Waals surface area contributed by atoms with Crippen molar-refractivity contribution in [3.05, 3.63) is 64.2 Å². The number of fused-ring (bicyclic) bond motifs is 2. The molecule has 33 heavy (non-hydrogen) atoms. The number of hydrogen-bond donors (Lipinski definition) is 1. The SMILES string of the molecule is CCOc1c2c(c(OCC(F)F)c3ccccc13)CN(c1ccc(CC(=O)O)cc1Cl)C2=O. The van der Waals surface area contributed by atoms with Crippen LogP contribution in [0.1, 0.15) is 28.4 Å². The van der Waals surface area contributed by atoms with Crippen molar-refractivity contribution in [3.8, 4) is 11.5 Å². The zero-order valence-electron chi connectivity index (χ0n) is 17.6. The van der Waals surface area contributed by atoms with Crippen LogP contribution in [0.5, 0.6) is 11.5 Å². The fraction of sp³-hybridized carbons (Fsp3) is 0.250. The van der Waals surface area contributed by atoms with Gasteiger partial charge in [-0.05, 0) is 24.6 Å². The second kappa shape index (κ2) is 9.23. The van der Waals surface area contributed by atoms with E-state index >= 15 is 0 Å². The maximum Gasteiger partial charge on any atom is 0.307 e. The number of anilines is 1. The number of halogens is 3. The molecule has 0 bridgehead atoms. The standard InChI is InChI=1S/C24H20ClF2NO5/c1-2-32-23-15-6-4-3-5-14(15)22(33-12-19(26)27)16-11-28(24(31)21(16)23)18-8-7-13(9-17(18)25)10-20(29)30/h3-9,19H,2,10-12H2,1H3,(H,29,30). The summed E-state index contributed by atoms with van der Waals surface area (Å²) >= 11 is 6.40. The third kappa shape index (κ3) is 4.30. The average Bonchev–Trinajstić information content (AvgIpc) is 3.09. The molecule has 0 saturated carbocycles. The zero-order valence-corrected chi connectivity index (χ0v) is 18.4. The number of rotatable bonds is 8. The molecule has 1 N–H and O–H groups in total. The molecule has 172 valence electrons. The summed E-state index contributed by atoms with van der Waals surface area (Å²) in [6, 6.07) is 11.7. The van der Waals surface area contributed by atoms with Gasteiger partial charge in [0, 0.05) is 16.3 Å². The van der Waals surface area contributed by atoms with Gasteiger partial charge in [-0.3, -0.25) is 9.59 Å². The third-order valence-corrected chi connectivity index (χ3v) is 5.60. The van der Waals surface area contributed by atoms with E-state index in [9.17, 15) is 18.4 Å². The van der Waals surface area contributed by atoms with E-state index in [4.69, 9.17) is 26.2 Å². The first-order valence-corrected chi connectivity index (χ1v) is 10.6. The Labute approximate surface area is 193 Å². The van der Waals surface area contributed by atoms with E-state index in [2.05, 4.69) is 0 Å². The highest BCUT2D eigenvalue weighted by molar-refractivity contribution is 6.34. The minimum Gasteiger partial charge on any atom is -0.492 e. The second-order valence-electron chi connectivity index (χ2n) is 7.44. The predicted molar refractivity (Wildman–Crippen MR) is 120 cm³/mol. The van der Waals surface area contributed by atoms with Crippen molar-refractivity contribution in [2.75, 3.05) is 18.1 Å². The highest BCUT2D eigenvalue weighted by atomic mass is 35.5. The largest absolute Gasteiger partial charge is 0.492 e. The number of carboxylic acid groups (broad SMARTS) is 1. The molecule has 0 fully saturated rings. The molecule has 9 heteroatoms. The number of carbonyl (C=O) groups is 2. The summed E-state index contributed by atoms with van der Waals surface area (Å²) < 4.78 is 37.3. The summed E-state index contributed by atoms with van der Waals surface area (Å²) in [4.78, 5) is 25.9. The highest BCUT2D eigenvalue weighted by Gasteiger charge is 2.37. The smallest absolute Gasteiger partial charge is 0.307 e. The second-order valence-corrected chi connectivity index (χ2v) is 7.85. The number of amides is 1. The minimum absolute atomic E-state index is 0.0373. The molecule has 3 aromatic carbocycles. The van der Waals surface area contributed by atoms with Crippen molar-refractivity contribution in [2.24, 2.45) is 0 Å². The molecule has 4 rings (SSSR count). The lowest BCUT2D eigenvalue weighted by Gasteiger charge is -2.18. The lowest BCUT2D eigenvalue weighted by atomic mass is 9.99. The van der Waals surface area contributed by atoms with E-state index in [-0.39, 0.29) is 29.3 Å². The number of hydrogen-bond acceptors (Lipinski definition) is 4. The molecule has 1 aliphatic rings. The van der Waals surface area contributed by atoms with Gasteiger partial charge in [-0.1, -0.05) is 41.9 Å². The highest BCUT2D eigenvalue weighted by Crippen LogP contribution is 2.47. The van der Waals surface area contributed by atoms with Crippen molar-refractivity contribution < 1.29 is 33.0 Å². The van der Waals surface area contributed by atoms with Crippen LogP contribution in [0.2, 0.25) is 5.02 Å². The quantitative estimate of drug-likeness (QED) is 0.477. The monoisotopic (exact) mass is 475 g/mol. The molecule has 1 aliphatic heterocycles. The van der Waals surface area contributed by atoms with Gasteiger partial charge < -0.3 is 19.5 Å². The first-order chi connectivity index (χ1) is 15.8. The first kappa shape index (κ1) is 22.8. The normalized spacial score (nSPS) is 13.0. The Morgan fingerprint density at radius 3 is 2.45 bits per heavy atom. The molecule has 0 radical (unpaired) electrons. The lowest BCUT2D eigenvalue weighted by Crippen LogP contribution is -2.23. The van der Waals surface area contributed by atoms with Crippen LogP contribution >= 0.6 is 11.6 Å². The fourth-order valence-electron chi connectivity index (χ4n) is 4.02. The maximum atomic E-state index is 13.5. The van der Waals surface area contributed by atoms with Gasteiger partial charge in [-0.15, -0.1) is 0 Å². The Hall–Kier alpha value is -3.39. The summed E-state index contributed by atoms with van der Waals surface area (Å²) in [5.41, 5.74) is 1.54. The summed E-state index contributed by atoms with van der Waals surface area (Å²) in [5.74, 6) is -0.844. The molecular weight excluding hydrogens is 456 g/mol. The molecular formula is C24H20ClF2NO5. The summed E-state index contributed by atoms with van der Waals surface area (Å²) in [6.45, 7) is 1.31. The van der Waals surface area contributed by atoms with E-state index < -0.39 is 24.9 Å². The van der Waals surface area contributed by atoms with Gasteiger partial charge in [-0.2, -0.15) is 0 Å². The molecule has 0 atom stereocenters. The van der Waals surface area contributed by atoms with Crippen LogP contribution in [0, 0.1) is 0 Å².